The lowest BCUT2D eigenvalue weighted by Crippen LogP contribution is -1.97. The van der Waals surface area contributed by atoms with Gasteiger partial charge in [0.25, 0.3) is 0 Å². The quantitative estimate of drug-likeness (QED) is 0.857. The maximum Gasteiger partial charge on any atom is 0.353 e. The van der Waals surface area contributed by atoms with Crippen LogP contribution in [0.4, 0.5) is 0 Å². The molecule has 0 fully saturated rings. The highest BCUT2D eigenvalue weighted by Gasteiger charge is 2.20. The fourth-order valence-corrected chi connectivity index (χ4v) is 4.17. The maximum absolute atomic E-state index is 10.9. The third-order valence-electron chi connectivity index (χ3n) is 2.19. The number of aromatic nitrogens is 1. The molecule has 0 unspecified atom stereocenters. The molecule has 2 aromatic heterocycles. The molecule has 0 saturated heterocycles. The third kappa shape index (κ3) is 1.64. The summed E-state index contributed by atoms with van der Waals surface area (Å²) in [7, 11) is 0. The number of aryl methyl sites for hydroxylation is 1. The second-order valence-corrected chi connectivity index (χ2v) is 6.16. The number of fused-ring (bicyclic) bond motifs is 1. The van der Waals surface area contributed by atoms with Crippen LogP contribution in [0.25, 0.3) is 10.2 Å². The van der Waals surface area contributed by atoms with Crippen molar-refractivity contribution in [3.05, 3.63) is 19.5 Å². The molecule has 2 heterocycles. The van der Waals surface area contributed by atoms with Crippen molar-refractivity contribution in [2.24, 2.45) is 0 Å². The average Bonchev–Trinajstić information content (AvgIpc) is 2.63. The maximum atomic E-state index is 10.9. The number of hydrogen-bond acceptors (Lipinski definition) is 2. The van der Waals surface area contributed by atoms with Crippen LogP contribution in [0.15, 0.2) is 8.26 Å². The molecule has 0 aromatic carbocycles. The molecule has 3 nitrogen and oxygen atoms in total. The van der Waals surface area contributed by atoms with Gasteiger partial charge in [-0.25, -0.2) is 4.79 Å². The van der Waals surface area contributed by atoms with Gasteiger partial charge in [0.15, 0.2) is 0 Å². The Morgan fingerprint density at radius 3 is 2.73 bits per heavy atom. The van der Waals surface area contributed by atoms with Crippen LogP contribution in [-0.2, 0) is 6.42 Å². The summed E-state index contributed by atoms with van der Waals surface area (Å²) in [6, 6.07) is 0. The van der Waals surface area contributed by atoms with Gasteiger partial charge in [0.1, 0.15) is 5.69 Å². The first-order valence-electron chi connectivity index (χ1n) is 4.27. The first-order chi connectivity index (χ1) is 7.06. The second kappa shape index (κ2) is 3.92. The summed E-state index contributed by atoms with van der Waals surface area (Å²) in [6.07, 6.45) is 0.868. The van der Waals surface area contributed by atoms with Crippen LogP contribution in [0.5, 0.6) is 0 Å². The minimum Gasteiger partial charge on any atom is -0.477 e. The Morgan fingerprint density at radius 2 is 2.20 bits per heavy atom. The molecular weight excluding hydrogens is 346 g/mol. The van der Waals surface area contributed by atoms with E-state index in [0.29, 0.717) is 4.47 Å². The standard InChI is InChI=1S/C9H7Br2NO2S/c1-2-3-5-7(15-8(3)11)4(10)6(12-5)9(13)14/h12H,2H2,1H3,(H,13,14). The van der Waals surface area contributed by atoms with E-state index < -0.39 is 5.97 Å². The number of hydrogen-bond donors (Lipinski definition) is 2. The normalized spacial score (nSPS) is 11.1. The third-order valence-corrected chi connectivity index (χ3v) is 5.25. The highest BCUT2D eigenvalue weighted by molar-refractivity contribution is 9.11. The van der Waals surface area contributed by atoms with Crippen LogP contribution in [-0.4, -0.2) is 16.1 Å². The zero-order valence-corrected chi connectivity index (χ0v) is 11.7. The number of H-pyrrole nitrogens is 1. The van der Waals surface area contributed by atoms with Gasteiger partial charge in [0.2, 0.25) is 0 Å². The molecule has 80 valence electrons. The number of aromatic carboxylic acids is 1. The minimum atomic E-state index is -0.941. The smallest absolute Gasteiger partial charge is 0.353 e. The predicted octanol–water partition coefficient (Wildman–Crippen LogP) is 4.02. The SMILES string of the molecule is CCc1c(Br)sc2c(Br)c(C(=O)O)[nH]c12. The average molecular weight is 353 g/mol. The van der Waals surface area contributed by atoms with Crippen molar-refractivity contribution in [2.75, 3.05) is 0 Å². The van der Waals surface area contributed by atoms with Crippen LogP contribution in [0.3, 0.4) is 0 Å². The van der Waals surface area contributed by atoms with E-state index in [1.54, 1.807) is 11.3 Å². The molecule has 0 aliphatic carbocycles. The monoisotopic (exact) mass is 351 g/mol. The van der Waals surface area contributed by atoms with Crippen molar-refractivity contribution in [1.29, 1.82) is 0 Å². The summed E-state index contributed by atoms with van der Waals surface area (Å²) in [6.45, 7) is 2.04. The summed E-state index contributed by atoms with van der Waals surface area (Å²) in [5.74, 6) is -0.941. The van der Waals surface area contributed by atoms with Crippen LogP contribution >= 0.6 is 43.2 Å². The topological polar surface area (TPSA) is 53.1 Å². The molecule has 15 heavy (non-hydrogen) atoms. The van der Waals surface area contributed by atoms with E-state index in [1.807, 2.05) is 6.92 Å². The number of carboxylic acid groups (broad SMARTS) is 1. The Labute approximate surface area is 107 Å². The molecule has 6 heteroatoms. The van der Waals surface area contributed by atoms with E-state index in [-0.39, 0.29) is 5.69 Å². The molecule has 0 saturated carbocycles. The van der Waals surface area contributed by atoms with E-state index in [4.69, 9.17) is 5.11 Å². The van der Waals surface area contributed by atoms with E-state index in [9.17, 15) is 4.79 Å². The van der Waals surface area contributed by atoms with Crippen molar-refractivity contribution in [1.82, 2.24) is 4.98 Å². The van der Waals surface area contributed by atoms with Gasteiger partial charge in [0.05, 0.1) is 18.5 Å². The van der Waals surface area contributed by atoms with Crippen LogP contribution < -0.4 is 0 Å². The molecular formula is C9H7Br2NO2S. The van der Waals surface area contributed by atoms with Gasteiger partial charge in [-0.2, -0.15) is 0 Å². The zero-order valence-electron chi connectivity index (χ0n) is 7.73. The van der Waals surface area contributed by atoms with Gasteiger partial charge in [-0.15, -0.1) is 11.3 Å². The second-order valence-electron chi connectivity index (χ2n) is 3.03. The van der Waals surface area contributed by atoms with Crippen LogP contribution in [0.2, 0.25) is 0 Å². The Balaban J connectivity index is 2.79. The number of aromatic amines is 1. The predicted molar refractivity (Wildman–Crippen MR) is 67.9 cm³/mol. The first-order valence-corrected chi connectivity index (χ1v) is 6.68. The summed E-state index contributed by atoms with van der Waals surface area (Å²) < 4.78 is 2.65. The highest BCUT2D eigenvalue weighted by atomic mass is 79.9. The van der Waals surface area contributed by atoms with Crippen molar-refractivity contribution in [3.8, 4) is 0 Å². The largest absolute Gasteiger partial charge is 0.477 e. The number of carbonyl (C=O) groups is 1. The van der Waals surface area contributed by atoms with Gasteiger partial charge >= 0.3 is 5.97 Å². The van der Waals surface area contributed by atoms with Gasteiger partial charge in [-0.1, -0.05) is 6.92 Å². The molecule has 0 bridgehead atoms. The Hall–Kier alpha value is -0.330. The summed E-state index contributed by atoms with van der Waals surface area (Å²) in [4.78, 5) is 13.8. The summed E-state index contributed by atoms with van der Waals surface area (Å²) in [5.41, 5.74) is 2.26. The van der Waals surface area contributed by atoms with E-state index >= 15 is 0 Å². The van der Waals surface area contributed by atoms with Crippen molar-refractivity contribution >= 4 is 59.4 Å². The van der Waals surface area contributed by atoms with Crippen LogP contribution in [0, 0.1) is 0 Å². The van der Waals surface area contributed by atoms with E-state index in [2.05, 4.69) is 36.8 Å². The fraction of sp³-hybridized carbons (Fsp3) is 0.222. The van der Waals surface area contributed by atoms with Crippen molar-refractivity contribution in [3.63, 3.8) is 0 Å². The summed E-state index contributed by atoms with van der Waals surface area (Å²) >= 11 is 8.32. The van der Waals surface area contributed by atoms with Gasteiger partial charge < -0.3 is 10.1 Å². The molecule has 0 amide bonds. The lowest BCUT2D eigenvalue weighted by Gasteiger charge is -1.92. The number of halogens is 2. The Morgan fingerprint density at radius 1 is 1.53 bits per heavy atom. The van der Waals surface area contributed by atoms with Gasteiger partial charge in [-0.05, 0) is 38.3 Å². The number of carboxylic acids is 1. The van der Waals surface area contributed by atoms with Crippen LogP contribution in [0.1, 0.15) is 23.0 Å². The molecule has 2 aromatic rings. The van der Waals surface area contributed by atoms with E-state index in [0.717, 1.165) is 26.0 Å². The number of thiophene rings is 1. The lowest BCUT2D eigenvalue weighted by atomic mass is 10.2. The molecule has 0 aliphatic rings. The number of nitrogens with one attached hydrogen (secondary N) is 1. The first kappa shape index (κ1) is 11.2. The zero-order chi connectivity index (χ0) is 11.2. The van der Waals surface area contributed by atoms with Gasteiger partial charge in [0, 0.05) is 5.56 Å². The molecule has 0 spiro atoms. The molecule has 0 atom stereocenters. The minimum absolute atomic E-state index is 0.221. The summed E-state index contributed by atoms with van der Waals surface area (Å²) in [5, 5.41) is 8.95. The highest BCUT2D eigenvalue weighted by Crippen LogP contribution is 2.41. The fourth-order valence-electron chi connectivity index (χ4n) is 1.48. The molecule has 0 radical (unpaired) electrons. The van der Waals surface area contributed by atoms with Crippen molar-refractivity contribution in [2.45, 2.75) is 13.3 Å². The lowest BCUT2D eigenvalue weighted by molar-refractivity contribution is 0.0690. The van der Waals surface area contributed by atoms with Crippen molar-refractivity contribution < 1.29 is 9.90 Å². The Kier molecular flexibility index (Phi) is 2.92. The molecule has 0 aliphatic heterocycles. The van der Waals surface area contributed by atoms with Gasteiger partial charge in [-0.3, -0.25) is 0 Å². The number of rotatable bonds is 2. The Bertz CT molecular complexity index is 544. The molecule has 2 rings (SSSR count). The van der Waals surface area contributed by atoms with E-state index in [1.165, 1.54) is 0 Å². The molecule has 2 N–H and O–H groups in total.